The Kier molecular flexibility index (Phi) is 8.08. The van der Waals surface area contributed by atoms with Crippen LogP contribution in [0.2, 0.25) is 0 Å². The van der Waals surface area contributed by atoms with Gasteiger partial charge in [0.05, 0.1) is 0 Å². The summed E-state index contributed by atoms with van der Waals surface area (Å²) in [5, 5.41) is 0. The minimum atomic E-state index is 0.501. The lowest BCUT2D eigenvalue weighted by molar-refractivity contribution is 0.222. The molecule has 0 heterocycles. The second kappa shape index (κ2) is 8.17. The molecule has 0 saturated carbocycles. The van der Waals surface area contributed by atoms with E-state index in [1.54, 1.807) is 0 Å². The number of hydrogen-bond donors (Lipinski definition) is 0. The van der Waals surface area contributed by atoms with Crippen LogP contribution in [-0.2, 0) is 0 Å². The lowest BCUT2D eigenvalue weighted by Gasteiger charge is -2.24. The summed E-state index contributed by atoms with van der Waals surface area (Å²) in [4.78, 5) is 6.73. The zero-order valence-electron chi connectivity index (χ0n) is 10.1. The molecule has 0 aliphatic rings. The maximum absolute atomic E-state index is 7.24. The van der Waals surface area contributed by atoms with Crippen molar-refractivity contribution in [2.24, 2.45) is 0 Å². The molecule has 1 radical (unpaired) electrons. The SMILES string of the molecule is CN(C)CCN(CC[NH])CCN(C)C. The third-order valence-corrected chi connectivity index (χ3v) is 2.15. The maximum atomic E-state index is 7.24. The Morgan fingerprint density at radius 3 is 1.43 bits per heavy atom. The topological polar surface area (TPSA) is 33.5 Å². The van der Waals surface area contributed by atoms with E-state index in [0.29, 0.717) is 6.54 Å². The molecule has 4 heteroatoms. The molecule has 14 heavy (non-hydrogen) atoms. The Bertz CT molecular complexity index is 113. The van der Waals surface area contributed by atoms with Gasteiger partial charge < -0.3 is 9.80 Å². The fraction of sp³-hybridized carbons (Fsp3) is 1.00. The zero-order chi connectivity index (χ0) is 11.0. The summed E-state index contributed by atoms with van der Waals surface area (Å²) >= 11 is 0. The lowest BCUT2D eigenvalue weighted by atomic mass is 10.4. The van der Waals surface area contributed by atoms with Crippen LogP contribution in [0.25, 0.3) is 0 Å². The van der Waals surface area contributed by atoms with Crippen LogP contribution in [0.15, 0.2) is 0 Å². The van der Waals surface area contributed by atoms with Crippen molar-refractivity contribution in [2.75, 3.05) is 67.5 Å². The van der Waals surface area contributed by atoms with Gasteiger partial charge in [-0.15, -0.1) is 0 Å². The van der Waals surface area contributed by atoms with Crippen LogP contribution in [0.5, 0.6) is 0 Å². The van der Waals surface area contributed by atoms with Crippen molar-refractivity contribution in [3.05, 3.63) is 0 Å². The smallest absolute Gasteiger partial charge is 0.0228 e. The summed E-state index contributed by atoms with van der Waals surface area (Å²) in [6.45, 7) is 5.68. The molecule has 0 aliphatic heterocycles. The van der Waals surface area contributed by atoms with Gasteiger partial charge in [-0.05, 0) is 28.2 Å². The van der Waals surface area contributed by atoms with Crippen LogP contribution in [0.3, 0.4) is 0 Å². The van der Waals surface area contributed by atoms with E-state index in [9.17, 15) is 0 Å². The molecule has 0 aromatic heterocycles. The molecule has 0 fully saturated rings. The Morgan fingerprint density at radius 2 is 1.14 bits per heavy atom. The van der Waals surface area contributed by atoms with E-state index in [1.807, 2.05) is 0 Å². The Morgan fingerprint density at radius 1 is 0.714 bits per heavy atom. The fourth-order valence-electron chi connectivity index (χ4n) is 1.18. The van der Waals surface area contributed by atoms with Crippen molar-refractivity contribution in [1.82, 2.24) is 20.4 Å². The molecule has 0 aromatic carbocycles. The van der Waals surface area contributed by atoms with Gasteiger partial charge in [-0.2, -0.15) is 0 Å². The van der Waals surface area contributed by atoms with Gasteiger partial charge in [0.15, 0.2) is 0 Å². The summed E-state index contributed by atoms with van der Waals surface area (Å²) in [6.07, 6.45) is 0. The van der Waals surface area contributed by atoms with E-state index in [1.165, 1.54) is 0 Å². The number of nitrogens with zero attached hydrogens (tertiary/aromatic N) is 3. The average molecular weight is 201 g/mol. The molecule has 0 bridgehead atoms. The van der Waals surface area contributed by atoms with Crippen molar-refractivity contribution < 1.29 is 0 Å². The number of likely N-dealkylation sites (N-methyl/N-ethyl adjacent to an activating group) is 2. The highest BCUT2D eigenvalue weighted by Gasteiger charge is 2.04. The third kappa shape index (κ3) is 8.44. The highest BCUT2D eigenvalue weighted by Crippen LogP contribution is 1.89. The van der Waals surface area contributed by atoms with Gasteiger partial charge in [0.25, 0.3) is 0 Å². The number of rotatable bonds is 8. The highest BCUT2D eigenvalue weighted by molar-refractivity contribution is 4.61. The molecule has 0 spiro atoms. The van der Waals surface area contributed by atoms with Gasteiger partial charge >= 0.3 is 0 Å². The van der Waals surface area contributed by atoms with Gasteiger partial charge in [0, 0.05) is 39.3 Å². The molecule has 85 valence electrons. The second-order valence-electron chi connectivity index (χ2n) is 4.20. The predicted molar refractivity (Wildman–Crippen MR) is 61.5 cm³/mol. The van der Waals surface area contributed by atoms with E-state index in [-0.39, 0.29) is 0 Å². The summed E-state index contributed by atoms with van der Waals surface area (Å²) in [7, 11) is 8.35. The quantitative estimate of drug-likeness (QED) is 0.540. The summed E-state index contributed by atoms with van der Waals surface area (Å²) in [5.41, 5.74) is 7.24. The molecule has 0 amide bonds. The molecular formula is C10H25N4. The summed E-state index contributed by atoms with van der Waals surface area (Å²) < 4.78 is 0. The highest BCUT2D eigenvalue weighted by atomic mass is 15.2. The zero-order valence-corrected chi connectivity index (χ0v) is 10.1. The molecule has 0 rings (SSSR count). The number of hydrogen-bond acceptors (Lipinski definition) is 3. The van der Waals surface area contributed by atoms with Crippen LogP contribution in [0.1, 0.15) is 0 Å². The molecule has 0 aromatic rings. The molecule has 0 saturated heterocycles. The standard InChI is InChI=1S/C10H25N4/c1-12(2)7-9-14(6-5-11)10-8-13(3)4/h11H,5-10H2,1-4H3. The third-order valence-electron chi connectivity index (χ3n) is 2.15. The summed E-state index contributed by atoms with van der Waals surface area (Å²) in [5.74, 6) is 0. The first-order valence-electron chi connectivity index (χ1n) is 5.22. The monoisotopic (exact) mass is 201 g/mol. The van der Waals surface area contributed by atoms with Gasteiger partial charge in [0.2, 0.25) is 0 Å². The van der Waals surface area contributed by atoms with Crippen molar-refractivity contribution >= 4 is 0 Å². The molecule has 0 unspecified atom stereocenters. The first kappa shape index (κ1) is 13.8. The van der Waals surface area contributed by atoms with Crippen molar-refractivity contribution in [1.29, 1.82) is 0 Å². The van der Waals surface area contributed by atoms with Gasteiger partial charge in [0.1, 0.15) is 0 Å². The number of nitrogens with one attached hydrogen (secondary N) is 1. The second-order valence-corrected chi connectivity index (χ2v) is 4.20. The molecule has 0 aliphatic carbocycles. The minimum Gasteiger partial charge on any atom is -0.308 e. The van der Waals surface area contributed by atoms with Crippen LogP contribution < -0.4 is 5.73 Å². The van der Waals surface area contributed by atoms with Crippen LogP contribution in [0, 0.1) is 0 Å². The van der Waals surface area contributed by atoms with Gasteiger partial charge in [-0.1, -0.05) is 0 Å². The van der Waals surface area contributed by atoms with Crippen molar-refractivity contribution in [3.63, 3.8) is 0 Å². The van der Waals surface area contributed by atoms with Crippen LogP contribution >= 0.6 is 0 Å². The molecule has 4 nitrogen and oxygen atoms in total. The molecule has 1 N–H and O–H groups in total. The largest absolute Gasteiger partial charge is 0.308 e. The van der Waals surface area contributed by atoms with Crippen molar-refractivity contribution in [3.8, 4) is 0 Å². The van der Waals surface area contributed by atoms with E-state index in [0.717, 1.165) is 32.7 Å². The lowest BCUT2D eigenvalue weighted by Crippen LogP contribution is -2.38. The van der Waals surface area contributed by atoms with Crippen LogP contribution in [-0.4, -0.2) is 82.2 Å². The van der Waals surface area contributed by atoms with Gasteiger partial charge in [-0.25, -0.2) is 0 Å². The molecular weight excluding hydrogens is 176 g/mol. The maximum Gasteiger partial charge on any atom is 0.0228 e. The molecule has 0 atom stereocenters. The summed E-state index contributed by atoms with van der Waals surface area (Å²) in [6, 6.07) is 0. The average Bonchev–Trinajstić information content (AvgIpc) is 2.09. The van der Waals surface area contributed by atoms with E-state index >= 15 is 0 Å². The first-order valence-corrected chi connectivity index (χ1v) is 5.22. The van der Waals surface area contributed by atoms with Crippen LogP contribution in [0.4, 0.5) is 0 Å². The Labute approximate surface area is 88.6 Å². The van der Waals surface area contributed by atoms with Crippen molar-refractivity contribution in [2.45, 2.75) is 0 Å². The first-order chi connectivity index (χ1) is 6.56. The Hall–Kier alpha value is -0.160. The van der Waals surface area contributed by atoms with Gasteiger partial charge in [-0.3, -0.25) is 10.6 Å². The van der Waals surface area contributed by atoms with E-state index in [4.69, 9.17) is 5.73 Å². The minimum absolute atomic E-state index is 0.501. The van der Waals surface area contributed by atoms with E-state index in [2.05, 4.69) is 42.9 Å². The van der Waals surface area contributed by atoms with E-state index < -0.39 is 0 Å². The normalized spacial score (nSPS) is 12.0. The predicted octanol–water partition coefficient (Wildman–Crippen LogP) is -0.305. The fourth-order valence-corrected chi connectivity index (χ4v) is 1.18. The Balaban J connectivity index is 3.65.